The number of hydrogen-bond acceptors (Lipinski definition) is 4. The SMILES string of the molecule is CCC(COC)NC(=O)c1sc2cccc(F)c2c1COc1ccccc1. The number of rotatable bonds is 8. The molecule has 3 rings (SSSR count). The smallest absolute Gasteiger partial charge is 0.262 e. The molecule has 1 N–H and O–H groups in total. The van der Waals surface area contributed by atoms with E-state index >= 15 is 0 Å². The van der Waals surface area contributed by atoms with Gasteiger partial charge in [0.15, 0.2) is 0 Å². The molecule has 0 aliphatic carbocycles. The van der Waals surface area contributed by atoms with Gasteiger partial charge in [-0.15, -0.1) is 11.3 Å². The summed E-state index contributed by atoms with van der Waals surface area (Å²) in [5.74, 6) is 0.0925. The number of carbonyl (C=O) groups excluding carboxylic acids is 1. The summed E-state index contributed by atoms with van der Waals surface area (Å²) in [4.78, 5) is 13.3. The Morgan fingerprint density at radius 1 is 1.19 bits per heavy atom. The summed E-state index contributed by atoms with van der Waals surface area (Å²) in [6.07, 6.45) is 0.745. The zero-order valence-electron chi connectivity index (χ0n) is 15.3. The van der Waals surface area contributed by atoms with Crippen LogP contribution in [0.2, 0.25) is 0 Å². The normalized spacial score (nSPS) is 12.1. The van der Waals surface area contributed by atoms with Crippen molar-refractivity contribution in [3.05, 3.63) is 64.8 Å². The van der Waals surface area contributed by atoms with E-state index in [1.54, 1.807) is 13.2 Å². The Bertz CT molecular complexity index is 910. The van der Waals surface area contributed by atoms with Crippen molar-refractivity contribution < 1.29 is 18.7 Å². The minimum atomic E-state index is -0.349. The summed E-state index contributed by atoms with van der Waals surface area (Å²) in [5, 5.41) is 3.42. The van der Waals surface area contributed by atoms with Crippen LogP contribution in [0.25, 0.3) is 10.1 Å². The molecule has 0 saturated heterocycles. The van der Waals surface area contributed by atoms with Crippen LogP contribution in [0.5, 0.6) is 5.75 Å². The summed E-state index contributed by atoms with van der Waals surface area (Å²) in [7, 11) is 1.60. The van der Waals surface area contributed by atoms with Gasteiger partial charge in [-0.3, -0.25) is 4.79 Å². The molecule has 4 nitrogen and oxygen atoms in total. The molecule has 1 aromatic heterocycles. The third-order valence-corrected chi connectivity index (χ3v) is 5.49. The van der Waals surface area contributed by atoms with Gasteiger partial charge in [-0.05, 0) is 30.7 Å². The summed E-state index contributed by atoms with van der Waals surface area (Å²) < 4.78 is 26.2. The van der Waals surface area contributed by atoms with Crippen molar-refractivity contribution in [2.24, 2.45) is 0 Å². The third kappa shape index (κ3) is 4.46. The van der Waals surface area contributed by atoms with Crippen LogP contribution in [0.1, 0.15) is 28.6 Å². The maximum atomic E-state index is 14.5. The van der Waals surface area contributed by atoms with Crippen LogP contribution in [0.4, 0.5) is 4.39 Å². The highest BCUT2D eigenvalue weighted by Crippen LogP contribution is 2.34. The van der Waals surface area contributed by atoms with Crippen molar-refractivity contribution in [2.45, 2.75) is 26.0 Å². The first-order chi connectivity index (χ1) is 13.1. The number of nitrogens with one attached hydrogen (secondary N) is 1. The Morgan fingerprint density at radius 3 is 2.67 bits per heavy atom. The molecule has 6 heteroatoms. The van der Waals surface area contributed by atoms with Gasteiger partial charge >= 0.3 is 0 Å². The maximum absolute atomic E-state index is 14.5. The first kappa shape index (κ1) is 19.3. The van der Waals surface area contributed by atoms with E-state index in [9.17, 15) is 9.18 Å². The molecule has 0 aliphatic heterocycles. The number of fused-ring (bicyclic) bond motifs is 1. The number of thiophene rings is 1. The highest BCUT2D eigenvalue weighted by atomic mass is 32.1. The number of amides is 1. The zero-order chi connectivity index (χ0) is 19.2. The van der Waals surface area contributed by atoms with Crippen molar-refractivity contribution in [2.75, 3.05) is 13.7 Å². The van der Waals surface area contributed by atoms with Gasteiger partial charge < -0.3 is 14.8 Å². The van der Waals surface area contributed by atoms with Crippen LogP contribution in [0, 0.1) is 5.82 Å². The van der Waals surface area contributed by atoms with Crippen molar-refractivity contribution in [3.63, 3.8) is 0 Å². The van der Waals surface area contributed by atoms with Crippen LogP contribution >= 0.6 is 11.3 Å². The first-order valence-corrected chi connectivity index (χ1v) is 9.63. The summed E-state index contributed by atoms with van der Waals surface area (Å²) >= 11 is 1.28. The molecule has 27 heavy (non-hydrogen) atoms. The molecule has 0 bridgehead atoms. The van der Waals surface area contributed by atoms with Gasteiger partial charge in [-0.25, -0.2) is 4.39 Å². The van der Waals surface area contributed by atoms with E-state index in [1.807, 2.05) is 43.3 Å². The Balaban J connectivity index is 1.93. The Hall–Kier alpha value is -2.44. The van der Waals surface area contributed by atoms with Crippen LogP contribution < -0.4 is 10.1 Å². The molecule has 0 radical (unpaired) electrons. The topological polar surface area (TPSA) is 47.6 Å². The molecule has 1 heterocycles. The number of para-hydroxylation sites is 1. The minimum absolute atomic E-state index is 0.0968. The van der Waals surface area contributed by atoms with Crippen molar-refractivity contribution >= 4 is 27.3 Å². The average molecular weight is 387 g/mol. The van der Waals surface area contributed by atoms with E-state index in [1.165, 1.54) is 17.4 Å². The fourth-order valence-corrected chi connectivity index (χ4v) is 4.00. The molecule has 1 amide bonds. The molecule has 3 aromatic rings. The lowest BCUT2D eigenvalue weighted by atomic mass is 10.1. The fourth-order valence-electron chi connectivity index (χ4n) is 2.87. The molecule has 1 atom stereocenters. The Labute approximate surface area is 161 Å². The molecule has 2 aromatic carbocycles. The van der Waals surface area contributed by atoms with Gasteiger partial charge in [-0.2, -0.15) is 0 Å². The van der Waals surface area contributed by atoms with E-state index in [-0.39, 0.29) is 24.4 Å². The average Bonchev–Trinajstić information content (AvgIpc) is 3.07. The second-order valence-corrected chi connectivity index (χ2v) is 7.21. The Kier molecular flexibility index (Phi) is 6.42. The van der Waals surface area contributed by atoms with E-state index in [4.69, 9.17) is 9.47 Å². The monoisotopic (exact) mass is 387 g/mol. The predicted octanol–water partition coefficient (Wildman–Crippen LogP) is 4.77. The van der Waals surface area contributed by atoms with Crippen molar-refractivity contribution in [1.29, 1.82) is 0 Å². The minimum Gasteiger partial charge on any atom is -0.489 e. The molecule has 1 unspecified atom stereocenters. The molecular weight excluding hydrogens is 365 g/mol. The predicted molar refractivity (Wildman–Crippen MR) is 106 cm³/mol. The fraction of sp³-hybridized carbons (Fsp3) is 0.286. The van der Waals surface area contributed by atoms with Crippen LogP contribution in [0.3, 0.4) is 0 Å². The summed E-state index contributed by atoms with van der Waals surface area (Å²) in [6, 6.07) is 14.1. The highest BCUT2D eigenvalue weighted by Gasteiger charge is 2.23. The molecular formula is C21H22FNO3S. The molecule has 0 saturated carbocycles. The number of hydrogen-bond donors (Lipinski definition) is 1. The van der Waals surface area contributed by atoms with Crippen LogP contribution in [0.15, 0.2) is 48.5 Å². The highest BCUT2D eigenvalue weighted by molar-refractivity contribution is 7.21. The van der Waals surface area contributed by atoms with Gasteiger partial charge in [0.1, 0.15) is 18.2 Å². The van der Waals surface area contributed by atoms with Gasteiger partial charge in [0, 0.05) is 22.8 Å². The molecule has 142 valence electrons. The van der Waals surface area contributed by atoms with Gasteiger partial charge in [-0.1, -0.05) is 31.2 Å². The second kappa shape index (κ2) is 8.97. The number of ether oxygens (including phenoxy) is 2. The first-order valence-electron chi connectivity index (χ1n) is 8.81. The summed E-state index contributed by atoms with van der Waals surface area (Å²) in [6.45, 7) is 2.53. The third-order valence-electron chi connectivity index (χ3n) is 4.29. The maximum Gasteiger partial charge on any atom is 0.262 e. The van der Waals surface area contributed by atoms with E-state index in [0.717, 1.165) is 11.1 Å². The number of halogens is 1. The van der Waals surface area contributed by atoms with Crippen molar-refractivity contribution in [3.8, 4) is 5.75 Å². The Morgan fingerprint density at radius 2 is 1.96 bits per heavy atom. The van der Waals surface area contributed by atoms with Crippen LogP contribution in [-0.4, -0.2) is 25.7 Å². The quantitative estimate of drug-likeness (QED) is 0.605. The standard InChI is InChI=1S/C21H22FNO3S/c1-3-14(12-25-2)23-21(24)20-16(13-26-15-8-5-4-6-9-15)19-17(22)10-7-11-18(19)27-20/h4-11,14H,3,12-13H2,1-2H3,(H,23,24). The summed E-state index contributed by atoms with van der Waals surface area (Å²) in [5.41, 5.74) is 0.571. The van der Waals surface area contributed by atoms with E-state index in [2.05, 4.69) is 5.32 Å². The largest absolute Gasteiger partial charge is 0.489 e. The lowest BCUT2D eigenvalue weighted by Gasteiger charge is -2.16. The second-order valence-electron chi connectivity index (χ2n) is 6.16. The van der Waals surface area contributed by atoms with Gasteiger partial charge in [0.2, 0.25) is 0 Å². The lowest BCUT2D eigenvalue weighted by molar-refractivity contribution is 0.0896. The lowest BCUT2D eigenvalue weighted by Crippen LogP contribution is -2.37. The van der Waals surface area contributed by atoms with E-state index in [0.29, 0.717) is 28.2 Å². The molecule has 0 aliphatic rings. The van der Waals surface area contributed by atoms with E-state index < -0.39 is 0 Å². The molecule has 0 fully saturated rings. The van der Waals surface area contributed by atoms with Gasteiger partial charge in [0.25, 0.3) is 5.91 Å². The van der Waals surface area contributed by atoms with Gasteiger partial charge in [0.05, 0.1) is 17.5 Å². The van der Waals surface area contributed by atoms with Crippen LogP contribution in [-0.2, 0) is 11.3 Å². The zero-order valence-corrected chi connectivity index (χ0v) is 16.1. The number of methoxy groups -OCH3 is 1. The number of carbonyl (C=O) groups is 1. The number of benzene rings is 2. The van der Waals surface area contributed by atoms with Crippen molar-refractivity contribution in [1.82, 2.24) is 5.32 Å². The molecule has 0 spiro atoms.